The van der Waals surface area contributed by atoms with Crippen molar-refractivity contribution in [1.82, 2.24) is 19.4 Å². The van der Waals surface area contributed by atoms with Gasteiger partial charge >= 0.3 is 0 Å². The monoisotopic (exact) mass is 669 g/mol. The Hall–Kier alpha value is -6.46. The van der Waals surface area contributed by atoms with E-state index in [9.17, 15) is 0 Å². The van der Waals surface area contributed by atoms with E-state index in [1.165, 1.54) is 65.6 Å². The smallest absolute Gasteiger partial charge is 0.209 e. The summed E-state index contributed by atoms with van der Waals surface area (Å²) >= 11 is 0. The molecule has 1 unspecified atom stereocenters. The molecule has 0 bridgehead atoms. The van der Waals surface area contributed by atoms with Gasteiger partial charge in [0, 0.05) is 33.3 Å². The van der Waals surface area contributed by atoms with Crippen molar-refractivity contribution < 1.29 is 0 Å². The molecule has 248 valence electrons. The summed E-state index contributed by atoms with van der Waals surface area (Å²) in [6, 6.07) is 40.1. The number of para-hydroxylation sites is 2. The van der Waals surface area contributed by atoms with Crippen molar-refractivity contribution in [2.45, 2.75) is 31.7 Å². The molecule has 1 atom stereocenters. The van der Waals surface area contributed by atoms with Crippen LogP contribution in [0.5, 0.6) is 0 Å². The molecule has 5 nitrogen and oxygen atoms in total. The van der Waals surface area contributed by atoms with Gasteiger partial charge in [0.15, 0.2) is 0 Å². The first-order chi connectivity index (χ1) is 25.8. The number of nitrogens with zero attached hydrogens (tertiary/aromatic N) is 4. The van der Waals surface area contributed by atoms with E-state index in [1.54, 1.807) is 0 Å². The zero-order valence-corrected chi connectivity index (χ0v) is 28.6. The molecule has 8 aromatic rings. The summed E-state index contributed by atoms with van der Waals surface area (Å²) in [4.78, 5) is 9.94. The van der Waals surface area contributed by atoms with Crippen LogP contribution < -0.4 is 5.32 Å². The van der Waals surface area contributed by atoms with Gasteiger partial charge in [0.1, 0.15) is 0 Å². The molecular formula is C47H35N5. The van der Waals surface area contributed by atoms with Crippen LogP contribution in [-0.4, -0.2) is 26.1 Å². The molecule has 0 saturated heterocycles. The number of fused-ring (bicyclic) bond motifs is 9. The quantitative estimate of drug-likeness (QED) is 0.204. The first-order valence-corrected chi connectivity index (χ1v) is 18.3. The van der Waals surface area contributed by atoms with Crippen LogP contribution in [0.1, 0.15) is 25.7 Å². The molecule has 11 rings (SSSR count). The molecule has 1 aliphatic heterocycles. The molecule has 0 amide bonds. The summed E-state index contributed by atoms with van der Waals surface area (Å²) in [7, 11) is 0. The summed E-state index contributed by atoms with van der Waals surface area (Å²) in [5.74, 6) is 0.890. The molecule has 1 N–H and O–H groups in total. The Labute approximate surface area is 301 Å². The van der Waals surface area contributed by atoms with E-state index in [-0.39, 0.29) is 6.04 Å². The number of hydrogen-bond donors (Lipinski definition) is 1. The van der Waals surface area contributed by atoms with E-state index in [0.29, 0.717) is 0 Å². The van der Waals surface area contributed by atoms with Crippen molar-refractivity contribution in [2.75, 3.05) is 0 Å². The van der Waals surface area contributed by atoms with Crippen LogP contribution in [0.3, 0.4) is 0 Å². The number of rotatable bonds is 3. The first-order valence-electron chi connectivity index (χ1n) is 18.3. The topological polar surface area (TPSA) is 47.1 Å². The average Bonchev–Trinajstić information content (AvgIpc) is 3.73. The highest BCUT2D eigenvalue weighted by Crippen LogP contribution is 2.43. The van der Waals surface area contributed by atoms with Crippen molar-refractivity contribution in [3.63, 3.8) is 0 Å². The maximum absolute atomic E-state index is 5.49. The van der Waals surface area contributed by atoms with Gasteiger partial charge in [0.05, 0.1) is 45.7 Å². The predicted octanol–water partition coefficient (Wildman–Crippen LogP) is 11.2. The SMILES string of the molecule is C1=CC(C2=C3C=CCCC3NC(n3c4ccccc4c4c5ccccc5c(-c5ccc6c(c5)c5ccccc5n6-c5cccnc5)cc43)=N2)=CCC1. The molecule has 3 aromatic heterocycles. The maximum Gasteiger partial charge on any atom is 0.209 e. The lowest BCUT2D eigenvalue weighted by atomic mass is 9.90. The second-order valence-electron chi connectivity index (χ2n) is 14.1. The van der Waals surface area contributed by atoms with Crippen molar-refractivity contribution >= 4 is 60.3 Å². The second kappa shape index (κ2) is 11.5. The first kappa shape index (κ1) is 29.3. The van der Waals surface area contributed by atoms with Crippen LogP contribution in [-0.2, 0) is 0 Å². The molecule has 0 saturated carbocycles. The summed E-state index contributed by atoms with van der Waals surface area (Å²) < 4.78 is 4.71. The normalized spacial score (nSPS) is 17.3. The molecule has 3 aliphatic rings. The Morgan fingerprint density at radius 1 is 0.615 bits per heavy atom. The minimum Gasteiger partial charge on any atom is -0.348 e. The number of aromatic nitrogens is 3. The van der Waals surface area contributed by atoms with E-state index < -0.39 is 0 Å². The lowest BCUT2D eigenvalue weighted by Gasteiger charge is -2.31. The molecule has 0 fully saturated rings. The molecule has 5 aromatic carbocycles. The Bertz CT molecular complexity index is 2930. The fourth-order valence-electron chi connectivity index (χ4n) is 8.83. The van der Waals surface area contributed by atoms with Crippen molar-refractivity contribution in [1.29, 1.82) is 0 Å². The largest absolute Gasteiger partial charge is 0.348 e. The van der Waals surface area contributed by atoms with Crippen LogP contribution >= 0.6 is 0 Å². The van der Waals surface area contributed by atoms with Crippen molar-refractivity contribution in [3.8, 4) is 16.8 Å². The Morgan fingerprint density at radius 3 is 2.21 bits per heavy atom. The molecule has 4 heterocycles. The number of nitrogens with one attached hydrogen (secondary N) is 1. The zero-order valence-electron chi connectivity index (χ0n) is 28.6. The van der Waals surface area contributed by atoms with Gasteiger partial charge in [-0.3, -0.25) is 9.55 Å². The van der Waals surface area contributed by atoms with Gasteiger partial charge in [-0.1, -0.05) is 97.1 Å². The highest BCUT2D eigenvalue weighted by Gasteiger charge is 2.29. The van der Waals surface area contributed by atoms with Gasteiger partial charge in [-0.2, -0.15) is 0 Å². The number of allylic oxidation sites excluding steroid dienone is 4. The Morgan fingerprint density at radius 2 is 1.38 bits per heavy atom. The van der Waals surface area contributed by atoms with Crippen LogP contribution in [0, 0.1) is 0 Å². The van der Waals surface area contributed by atoms with E-state index in [2.05, 4.69) is 153 Å². The number of aliphatic imine (C=N–C) groups is 1. The molecule has 0 radical (unpaired) electrons. The van der Waals surface area contributed by atoms with Crippen LogP contribution in [0.4, 0.5) is 0 Å². The number of hydrogen-bond acceptors (Lipinski definition) is 3. The van der Waals surface area contributed by atoms with Crippen molar-refractivity contribution in [3.05, 3.63) is 169 Å². The third-order valence-corrected chi connectivity index (χ3v) is 11.1. The van der Waals surface area contributed by atoms with Crippen LogP contribution in [0.2, 0.25) is 0 Å². The molecule has 0 spiro atoms. The molecule has 5 heteroatoms. The summed E-state index contributed by atoms with van der Waals surface area (Å²) in [5.41, 5.74) is 11.7. The minimum atomic E-state index is 0.208. The van der Waals surface area contributed by atoms with E-state index >= 15 is 0 Å². The maximum atomic E-state index is 5.49. The second-order valence-corrected chi connectivity index (χ2v) is 14.1. The van der Waals surface area contributed by atoms with Gasteiger partial charge in [0.25, 0.3) is 0 Å². The van der Waals surface area contributed by atoms with E-state index in [1.807, 2.05) is 18.5 Å². The van der Waals surface area contributed by atoms with Gasteiger partial charge in [0.2, 0.25) is 5.96 Å². The van der Waals surface area contributed by atoms with Crippen LogP contribution in [0.15, 0.2) is 174 Å². The standard InChI is InChI=1S/C47H35N5/c1-2-13-30(14-3-1)46-36-19-6-9-21-40(36)49-47(50-46)52-42-23-11-8-20-37(42)45-35-18-5-4-16-33(35)38(28-44(45)52)31-24-25-43-39(27-31)34-17-7-10-22-41(34)51(43)32-15-12-26-48-29-32/h2,4-8,10-20,22-29,40H,1,3,9,21H2,(H,49,50). The third kappa shape index (κ3) is 4.35. The van der Waals surface area contributed by atoms with Gasteiger partial charge in [-0.25, -0.2) is 4.99 Å². The number of benzene rings is 5. The highest BCUT2D eigenvalue weighted by atomic mass is 15.2. The van der Waals surface area contributed by atoms with Crippen LogP contribution in [0.25, 0.3) is 71.2 Å². The summed E-state index contributed by atoms with van der Waals surface area (Å²) in [6.45, 7) is 0. The minimum absolute atomic E-state index is 0.208. The van der Waals surface area contributed by atoms with Crippen molar-refractivity contribution in [2.24, 2.45) is 4.99 Å². The fourth-order valence-corrected chi connectivity index (χ4v) is 8.83. The summed E-state index contributed by atoms with van der Waals surface area (Å²) in [6.07, 6.45) is 19.5. The highest BCUT2D eigenvalue weighted by molar-refractivity contribution is 6.26. The summed E-state index contributed by atoms with van der Waals surface area (Å²) in [5, 5.41) is 11.3. The molecular weight excluding hydrogens is 635 g/mol. The lowest BCUT2D eigenvalue weighted by molar-refractivity contribution is 0.609. The predicted molar refractivity (Wildman–Crippen MR) is 216 cm³/mol. The lowest BCUT2D eigenvalue weighted by Crippen LogP contribution is -2.43. The Balaban J connectivity index is 1.19. The van der Waals surface area contributed by atoms with E-state index in [0.717, 1.165) is 54.1 Å². The zero-order chi connectivity index (χ0) is 34.2. The fraction of sp³-hybridized carbons (Fsp3) is 0.106. The molecule has 2 aliphatic carbocycles. The van der Waals surface area contributed by atoms with Gasteiger partial charge in [-0.05, 0) is 95.6 Å². The van der Waals surface area contributed by atoms with Gasteiger partial charge in [-0.15, -0.1) is 0 Å². The average molecular weight is 670 g/mol. The number of pyridine rings is 1. The van der Waals surface area contributed by atoms with Gasteiger partial charge < -0.3 is 9.88 Å². The molecule has 52 heavy (non-hydrogen) atoms. The van der Waals surface area contributed by atoms with E-state index in [4.69, 9.17) is 4.99 Å². The third-order valence-electron chi connectivity index (χ3n) is 11.1. The Kier molecular flexibility index (Phi) is 6.50.